The largest absolute Gasteiger partial charge is 0.460 e. The second-order valence-electron chi connectivity index (χ2n) is 7.97. The molecular weight excluding hydrogens is 228 g/mol. The summed E-state index contributed by atoms with van der Waals surface area (Å²) in [5, 5.41) is 10.6. The van der Waals surface area contributed by atoms with E-state index in [0.717, 1.165) is 25.7 Å². The Balaban J connectivity index is 1.85. The van der Waals surface area contributed by atoms with Crippen LogP contribution >= 0.6 is 0 Å². The minimum absolute atomic E-state index is 0.0671. The summed E-state index contributed by atoms with van der Waals surface area (Å²) < 4.78 is 5.62. The summed E-state index contributed by atoms with van der Waals surface area (Å²) in [5.41, 5.74) is -1.39. The summed E-state index contributed by atoms with van der Waals surface area (Å²) in [7, 11) is 0. The lowest BCUT2D eigenvalue weighted by molar-refractivity contribution is -0.204. The Labute approximate surface area is 109 Å². The number of carbonyl (C=O) groups excluding carboxylic acids is 1. The molecular formula is C15H24O3. The first-order valence-corrected chi connectivity index (χ1v) is 7.16. The average molecular weight is 252 g/mol. The minimum Gasteiger partial charge on any atom is -0.460 e. The van der Waals surface area contributed by atoms with Crippen LogP contribution in [0, 0.1) is 17.3 Å². The molecule has 0 saturated heterocycles. The highest BCUT2D eigenvalue weighted by Gasteiger charge is 2.61. The van der Waals surface area contributed by atoms with E-state index in [1.54, 1.807) is 0 Å². The second kappa shape index (κ2) is 3.50. The van der Waals surface area contributed by atoms with E-state index >= 15 is 0 Å². The zero-order valence-electron chi connectivity index (χ0n) is 11.7. The molecule has 0 aromatic rings. The number of aliphatic hydroxyl groups is 1. The molecule has 0 radical (unpaired) electrons. The summed E-state index contributed by atoms with van der Waals surface area (Å²) in [6.45, 7) is 5.75. The van der Waals surface area contributed by atoms with Crippen molar-refractivity contribution in [3.05, 3.63) is 0 Å². The van der Waals surface area contributed by atoms with Gasteiger partial charge in [0.25, 0.3) is 0 Å². The van der Waals surface area contributed by atoms with E-state index in [2.05, 4.69) is 0 Å². The Morgan fingerprint density at radius 3 is 2.17 bits per heavy atom. The van der Waals surface area contributed by atoms with Crippen molar-refractivity contribution in [3.8, 4) is 0 Å². The van der Waals surface area contributed by atoms with Gasteiger partial charge in [0.1, 0.15) is 5.60 Å². The van der Waals surface area contributed by atoms with Crippen molar-refractivity contribution in [1.29, 1.82) is 0 Å². The molecule has 4 aliphatic rings. The molecule has 4 fully saturated rings. The van der Waals surface area contributed by atoms with Crippen molar-refractivity contribution in [2.45, 2.75) is 70.5 Å². The maximum Gasteiger partial charge on any atom is 0.312 e. The molecule has 0 aromatic heterocycles. The lowest BCUT2D eigenvalue weighted by Gasteiger charge is -2.59. The number of hydrogen-bond donors (Lipinski definition) is 1. The Morgan fingerprint density at radius 2 is 1.72 bits per heavy atom. The fourth-order valence-electron chi connectivity index (χ4n) is 4.84. The first-order chi connectivity index (χ1) is 8.20. The van der Waals surface area contributed by atoms with E-state index in [0.29, 0.717) is 18.3 Å². The first kappa shape index (κ1) is 12.5. The normalized spacial score (nSPS) is 46.2. The monoisotopic (exact) mass is 252 g/mol. The van der Waals surface area contributed by atoms with Crippen LogP contribution in [0.1, 0.15) is 59.3 Å². The molecule has 2 unspecified atom stereocenters. The van der Waals surface area contributed by atoms with Crippen LogP contribution in [0.3, 0.4) is 0 Å². The van der Waals surface area contributed by atoms with Crippen LogP contribution in [-0.2, 0) is 9.53 Å². The standard InChI is InChI=1S/C15H24O3/c1-13(2,3)18-12(16)14-5-10-4-11(6-14)8-15(17,7-10)9-14/h10-11,17H,4-9H2,1-3H3. The minimum atomic E-state index is -0.582. The van der Waals surface area contributed by atoms with E-state index in [1.807, 2.05) is 20.8 Å². The summed E-state index contributed by atoms with van der Waals surface area (Å²) >= 11 is 0. The average Bonchev–Trinajstić information content (AvgIpc) is 2.09. The Hall–Kier alpha value is -0.570. The lowest BCUT2D eigenvalue weighted by Crippen LogP contribution is -2.59. The van der Waals surface area contributed by atoms with Crippen molar-refractivity contribution in [1.82, 2.24) is 0 Å². The van der Waals surface area contributed by atoms with Gasteiger partial charge in [-0.3, -0.25) is 4.79 Å². The Bertz CT molecular complexity index is 366. The molecule has 4 bridgehead atoms. The summed E-state index contributed by atoms with van der Waals surface area (Å²) in [6, 6.07) is 0. The molecule has 0 spiro atoms. The number of hydrogen-bond acceptors (Lipinski definition) is 3. The van der Waals surface area contributed by atoms with Crippen LogP contribution in [0.4, 0.5) is 0 Å². The molecule has 3 heteroatoms. The van der Waals surface area contributed by atoms with Crippen molar-refractivity contribution in [3.63, 3.8) is 0 Å². The zero-order chi connectivity index (χ0) is 13.2. The molecule has 1 N–H and O–H groups in total. The van der Waals surface area contributed by atoms with Crippen molar-refractivity contribution >= 4 is 5.97 Å². The highest BCUT2D eigenvalue weighted by molar-refractivity contribution is 5.78. The molecule has 0 aromatic carbocycles. The zero-order valence-corrected chi connectivity index (χ0v) is 11.7. The molecule has 4 saturated carbocycles. The molecule has 0 heterocycles. The third-order valence-corrected chi connectivity index (χ3v) is 4.86. The van der Waals surface area contributed by atoms with Gasteiger partial charge in [-0.25, -0.2) is 0 Å². The quantitative estimate of drug-likeness (QED) is 0.730. The van der Waals surface area contributed by atoms with E-state index < -0.39 is 11.2 Å². The SMILES string of the molecule is CC(C)(C)OC(=O)C12CC3CC(CC(O)(C3)C1)C2. The molecule has 4 aliphatic carbocycles. The van der Waals surface area contributed by atoms with Crippen molar-refractivity contribution in [2.75, 3.05) is 0 Å². The van der Waals surface area contributed by atoms with Crippen LogP contribution in [-0.4, -0.2) is 22.3 Å². The topological polar surface area (TPSA) is 46.5 Å². The van der Waals surface area contributed by atoms with Gasteiger partial charge >= 0.3 is 5.97 Å². The lowest BCUT2D eigenvalue weighted by atomic mass is 9.48. The number of carbonyl (C=O) groups is 1. The summed E-state index contributed by atoms with van der Waals surface area (Å²) in [6.07, 6.45) is 5.48. The molecule has 0 aliphatic heterocycles. The Morgan fingerprint density at radius 1 is 1.17 bits per heavy atom. The van der Waals surface area contributed by atoms with Crippen LogP contribution in [0.15, 0.2) is 0 Å². The molecule has 4 rings (SSSR count). The number of ether oxygens (including phenoxy) is 1. The third kappa shape index (κ3) is 1.97. The molecule has 0 amide bonds. The van der Waals surface area contributed by atoms with Gasteiger partial charge < -0.3 is 9.84 Å². The maximum atomic E-state index is 12.5. The highest BCUT2D eigenvalue weighted by atomic mass is 16.6. The molecule has 3 nitrogen and oxygen atoms in total. The van der Waals surface area contributed by atoms with Gasteiger partial charge in [-0.1, -0.05) is 0 Å². The summed E-state index contributed by atoms with van der Waals surface area (Å²) in [5.74, 6) is 0.995. The fraction of sp³-hybridized carbons (Fsp3) is 0.933. The predicted molar refractivity (Wildman–Crippen MR) is 67.9 cm³/mol. The molecule has 2 atom stereocenters. The van der Waals surface area contributed by atoms with Crippen molar-refractivity contribution in [2.24, 2.45) is 17.3 Å². The second-order valence-corrected chi connectivity index (χ2v) is 7.97. The number of esters is 1. The first-order valence-electron chi connectivity index (χ1n) is 7.16. The van der Waals surface area contributed by atoms with Gasteiger partial charge in [0, 0.05) is 0 Å². The summed E-state index contributed by atoms with van der Waals surface area (Å²) in [4.78, 5) is 12.5. The van der Waals surface area contributed by atoms with Crippen LogP contribution < -0.4 is 0 Å². The van der Waals surface area contributed by atoms with Crippen LogP contribution in [0.25, 0.3) is 0 Å². The van der Waals surface area contributed by atoms with E-state index in [9.17, 15) is 9.90 Å². The van der Waals surface area contributed by atoms with Crippen LogP contribution in [0.2, 0.25) is 0 Å². The Kier molecular flexibility index (Phi) is 2.42. The molecule has 102 valence electrons. The smallest absolute Gasteiger partial charge is 0.312 e. The highest BCUT2D eigenvalue weighted by Crippen LogP contribution is 2.62. The van der Waals surface area contributed by atoms with Gasteiger partial charge in [-0.15, -0.1) is 0 Å². The van der Waals surface area contributed by atoms with Gasteiger partial charge in [0.2, 0.25) is 0 Å². The van der Waals surface area contributed by atoms with Crippen LogP contribution in [0.5, 0.6) is 0 Å². The fourth-order valence-corrected chi connectivity index (χ4v) is 4.84. The third-order valence-electron chi connectivity index (χ3n) is 4.86. The predicted octanol–water partition coefficient (Wildman–Crippen LogP) is 2.66. The van der Waals surface area contributed by atoms with E-state index in [4.69, 9.17) is 4.74 Å². The van der Waals surface area contributed by atoms with Gasteiger partial charge in [0.15, 0.2) is 0 Å². The van der Waals surface area contributed by atoms with E-state index in [1.165, 1.54) is 6.42 Å². The van der Waals surface area contributed by atoms with Crippen molar-refractivity contribution < 1.29 is 14.6 Å². The van der Waals surface area contributed by atoms with E-state index in [-0.39, 0.29) is 11.4 Å². The van der Waals surface area contributed by atoms with Gasteiger partial charge in [0.05, 0.1) is 11.0 Å². The molecule has 18 heavy (non-hydrogen) atoms. The van der Waals surface area contributed by atoms with Gasteiger partial charge in [-0.2, -0.15) is 0 Å². The van der Waals surface area contributed by atoms with Gasteiger partial charge in [-0.05, 0) is 71.1 Å². The maximum absolute atomic E-state index is 12.5. The number of rotatable bonds is 1.